The van der Waals surface area contributed by atoms with Gasteiger partial charge in [-0.3, -0.25) is 4.79 Å². The number of hydrogen-bond acceptors (Lipinski definition) is 3. The molecule has 0 saturated heterocycles. The number of carbonyl (C=O) groups is 1. The summed E-state index contributed by atoms with van der Waals surface area (Å²) >= 11 is 0. The van der Waals surface area contributed by atoms with Gasteiger partial charge in [-0.2, -0.15) is 0 Å². The molecule has 3 nitrogen and oxygen atoms in total. The van der Waals surface area contributed by atoms with Crippen LogP contribution in [0.3, 0.4) is 0 Å². The minimum atomic E-state index is 0.0338. The van der Waals surface area contributed by atoms with E-state index in [4.69, 9.17) is 9.47 Å². The lowest BCUT2D eigenvalue weighted by Crippen LogP contribution is -2.09. The molecule has 0 radical (unpaired) electrons. The van der Waals surface area contributed by atoms with Crippen molar-refractivity contribution in [3.8, 4) is 11.5 Å². The van der Waals surface area contributed by atoms with Crippen molar-refractivity contribution >= 4 is 5.78 Å². The molecule has 78 valence electrons. The summed E-state index contributed by atoms with van der Waals surface area (Å²) in [6, 6.07) is 5.60. The fourth-order valence-electron chi connectivity index (χ4n) is 1.60. The van der Waals surface area contributed by atoms with Crippen molar-refractivity contribution < 1.29 is 14.3 Å². The predicted octanol–water partition coefficient (Wildman–Crippen LogP) is 2.10. The van der Waals surface area contributed by atoms with Gasteiger partial charge in [0.25, 0.3) is 0 Å². The first-order valence-corrected chi connectivity index (χ1v) is 4.75. The third-order valence-electron chi connectivity index (χ3n) is 2.46. The Hall–Kier alpha value is -1.77. The average Bonchev–Trinajstić information content (AvgIpc) is 2.27. The van der Waals surface area contributed by atoms with Crippen molar-refractivity contribution in [2.24, 2.45) is 0 Å². The predicted molar refractivity (Wildman–Crippen MR) is 56.1 cm³/mol. The Balaban J connectivity index is 2.40. The second-order valence-corrected chi connectivity index (χ2v) is 3.43. The summed E-state index contributed by atoms with van der Waals surface area (Å²) in [5.74, 6) is 1.56. The zero-order chi connectivity index (χ0) is 10.8. The molecule has 0 aromatic heterocycles. The van der Waals surface area contributed by atoms with Crippen molar-refractivity contribution in [2.45, 2.75) is 13.3 Å². The number of allylic oxidation sites excluding steroid dienone is 1. The van der Waals surface area contributed by atoms with Crippen LogP contribution >= 0.6 is 0 Å². The average molecular weight is 204 g/mol. The molecule has 15 heavy (non-hydrogen) atoms. The van der Waals surface area contributed by atoms with Crippen LogP contribution in [0.5, 0.6) is 11.5 Å². The number of ketones is 1. The van der Waals surface area contributed by atoms with Crippen molar-refractivity contribution in [3.05, 3.63) is 35.6 Å². The van der Waals surface area contributed by atoms with E-state index in [9.17, 15) is 4.79 Å². The Morgan fingerprint density at radius 3 is 2.93 bits per heavy atom. The Bertz CT molecular complexity index is 432. The van der Waals surface area contributed by atoms with E-state index in [1.807, 2.05) is 18.2 Å². The van der Waals surface area contributed by atoms with E-state index >= 15 is 0 Å². The normalized spacial score (nSPS) is 13.6. The van der Waals surface area contributed by atoms with E-state index < -0.39 is 0 Å². The maximum Gasteiger partial charge on any atom is 0.159 e. The number of ether oxygens (including phenoxy) is 2. The molecule has 0 amide bonds. The van der Waals surface area contributed by atoms with E-state index in [2.05, 4.69) is 0 Å². The number of rotatable bonds is 2. The van der Waals surface area contributed by atoms with Crippen LogP contribution in [-0.4, -0.2) is 12.9 Å². The smallest absolute Gasteiger partial charge is 0.159 e. The van der Waals surface area contributed by atoms with Crippen molar-refractivity contribution in [3.63, 3.8) is 0 Å². The third kappa shape index (κ3) is 1.73. The van der Waals surface area contributed by atoms with Gasteiger partial charge in [0, 0.05) is 17.6 Å². The molecule has 0 unspecified atom stereocenters. The highest BCUT2D eigenvalue weighted by Crippen LogP contribution is 2.33. The fourth-order valence-corrected chi connectivity index (χ4v) is 1.60. The summed E-state index contributed by atoms with van der Waals surface area (Å²) in [5, 5.41) is 0. The van der Waals surface area contributed by atoms with Gasteiger partial charge in [-0.25, -0.2) is 0 Å². The monoisotopic (exact) mass is 204 g/mol. The standard InChI is InChI=1S/C12H12O3/c1-8(13)9-6-10-11(14-2)4-3-5-12(10)15-7-9/h3-5,7H,6H2,1-2H3. The van der Waals surface area contributed by atoms with Gasteiger partial charge in [0.15, 0.2) is 5.78 Å². The summed E-state index contributed by atoms with van der Waals surface area (Å²) in [6.45, 7) is 1.54. The van der Waals surface area contributed by atoms with E-state index in [0.29, 0.717) is 12.0 Å². The molecular weight excluding hydrogens is 192 g/mol. The van der Waals surface area contributed by atoms with Crippen LogP contribution in [0.1, 0.15) is 12.5 Å². The van der Waals surface area contributed by atoms with Crippen LogP contribution in [0.4, 0.5) is 0 Å². The van der Waals surface area contributed by atoms with Crippen LogP contribution in [-0.2, 0) is 11.2 Å². The van der Waals surface area contributed by atoms with Gasteiger partial charge in [0.2, 0.25) is 0 Å². The fraction of sp³-hybridized carbons (Fsp3) is 0.250. The Morgan fingerprint density at radius 2 is 2.27 bits per heavy atom. The third-order valence-corrected chi connectivity index (χ3v) is 2.46. The topological polar surface area (TPSA) is 35.5 Å². The second kappa shape index (κ2) is 3.77. The van der Waals surface area contributed by atoms with Crippen molar-refractivity contribution in [2.75, 3.05) is 7.11 Å². The molecule has 1 aliphatic heterocycles. The molecule has 1 aliphatic rings. The molecule has 1 aromatic carbocycles. The minimum Gasteiger partial charge on any atom is -0.496 e. The molecule has 0 bridgehead atoms. The molecule has 0 spiro atoms. The van der Waals surface area contributed by atoms with Crippen LogP contribution < -0.4 is 9.47 Å². The molecule has 2 rings (SSSR count). The molecule has 1 heterocycles. The maximum absolute atomic E-state index is 11.2. The number of hydrogen-bond donors (Lipinski definition) is 0. The summed E-state index contributed by atoms with van der Waals surface area (Å²) in [6.07, 6.45) is 2.10. The quantitative estimate of drug-likeness (QED) is 0.740. The number of benzene rings is 1. The molecule has 0 aliphatic carbocycles. The van der Waals surface area contributed by atoms with Crippen LogP contribution in [0, 0.1) is 0 Å². The van der Waals surface area contributed by atoms with Crippen LogP contribution in [0.15, 0.2) is 30.0 Å². The molecule has 0 fully saturated rings. The van der Waals surface area contributed by atoms with Gasteiger partial charge in [-0.1, -0.05) is 6.07 Å². The van der Waals surface area contributed by atoms with E-state index in [1.54, 1.807) is 7.11 Å². The first-order chi connectivity index (χ1) is 7.22. The van der Waals surface area contributed by atoms with E-state index in [-0.39, 0.29) is 5.78 Å². The largest absolute Gasteiger partial charge is 0.496 e. The highest BCUT2D eigenvalue weighted by Gasteiger charge is 2.18. The lowest BCUT2D eigenvalue weighted by Gasteiger charge is -2.18. The summed E-state index contributed by atoms with van der Waals surface area (Å²) < 4.78 is 10.6. The highest BCUT2D eigenvalue weighted by molar-refractivity contribution is 5.94. The molecule has 0 N–H and O–H groups in total. The molecule has 1 aromatic rings. The Morgan fingerprint density at radius 1 is 1.47 bits per heavy atom. The first kappa shape index (κ1) is 9.77. The summed E-state index contributed by atoms with van der Waals surface area (Å²) in [5.41, 5.74) is 1.61. The number of methoxy groups -OCH3 is 1. The Labute approximate surface area is 88.3 Å². The van der Waals surface area contributed by atoms with Gasteiger partial charge in [0.1, 0.15) is 11.5 Å². The van der Waals surface area contributed by atoms with Gasteiger partial charge >= 0.3 is 0 Å². The Kier molecular flexibility index (Phi) is 2.46. The number of fused-ring (bicyclic) bond motifs is 1. The zero-order valence-electron chi connectivity index (χ0n) is 8.74. The maximum atomic E-state index is 11.2. The summed E-state index contributed by atoms with van der Waals surface area (Å²) in [4.78, 5) is 11.2. The van der Waals surface area contributed by atoms with E-state index in [1.165, 1.54) is 13.2 Å². The van der Waals surface area contributed by atoms with Gasteiger partial charge in [-0.15, -0.1) is 0 Å². The number of Topliss-reactive ketones (excluding diaryl/α,β-unsaturated/α-hetero) is 1. The van der Waals surface area contributed by atoms with Crippen molar-refractivity contribution in [1.29, 1.82) is 0 Å². The van der Waals surface area contributed by atoms with E-state index in [0.717, 1.165) is 17.1 Å². The lowest BCUT2D eigenvalue weighted by molar-refractivity contribution is -0.113. The first-order valence-electron chi connectivity index (χ1n) is 4.75. The van der Waals surface area contributed by atoms with Gasteiger partial charge in [-0.05, 0) is 19.1 Å². The molecular formula is C12H12O3. The second-order valence-electron chi connectivity index (χ2n) is 3.43. The summed E-state index contributed by atoms with van der Waals surface area (Å²) in [7, 11) is 1.61. The van der Waals surface area contributed by atoms with Crippen molar-refractivity contribution in [1.82, 2.24) is 0 Å². The molecule has 0 atom stereocenters. The molecule has 3 heteroatoms. The zero-order valence-corrected chi connectivity index (χ0v) is 8.74. The highest BCUT2D eigenvalue weighted by atomic mass is 16.5. The van der Waals surface area contributed by atoms with Gasteiger partial charge in [0.05, 0.1) is 13.4 Å². The van der Waals surface area contributed by atoms with Crippen LogP contribution in [0.2, 0.25) is 0 Å². The van der Waals surface area contributed by atoms with Gasteiger partial charge < -0.3 is 9.47 Å². The SMILES string of the molecule is COc1cccc2c1CC(C(C)=O)=CO2. The number of carbonyl (C=O) groups excluding carboxylic acids is 1. The van der Waals surface area contributed by atoms with Crippen LogP contribution in [0.25, 0.3) is 0 Å². The molecule has 0 saturated carbocycles. The lowest BCUT2D eigenvalue weighted by atomic mass is 10.00. The minimum absolute atomic E-state index is 0.0338.